The molecule has 1 aliphatic rings. The van der Waals surface area contributed by atoms with E-state index in [2.05, 4.69) is 19.2 Å². The van der Waals surface area contributed by atoms with Gasteiger partial charge in [0.25, 0.3) is 0 Å². The van der Waals surface area contributed by atoms with Gasteiger partial charge >= 0.3 is 0 Å². The van der Waals surface area contributed by atoms with Crippen LogP contribution in [-0.4, -0.2) is 44.9 Å². The number of sulfonamides is 1. The van der Waals surface area contributed by atoms with Gasteiger partial charge in [-0.3, -0.25) is 4.79 Å². The van der Waals surface area contributed by atoms with E-state index in [4.69, 9.17) is 16.3 Å². The third-order valence-corrected chi connectivity index (χ3v) is 7.66. The van der Waals surface area contributed by atoms with Crippen LogP contribution in [0.25, 0.3) is 0 Å². The number of nitrogens with zero attached hydrogens (tertiary/aromatic N) is 1. The molecular formula is C23H29ClN2O4S. The molecule has 8 heteroatoms. The number of carbonyl (C=O) groups is 1. The molecule has 31 heavy (non-hydrogen) atoms. The molecule has 1 aliphatic heterocycles. The van der Waals surface area contributed by atoms with Crippen LogP contribution in [0, 0.1) is 5.92 Å². The summed E-state index contributed by atoms with van der Waals surface area (Å²) in [4.78, 5) is 12.7. The Bertz CT molecular complexity index is 968. The molecule has 0 radical (unpaired) electrons. The van der Waals surface area contributed by atoms with Crippen LogP contribution < -0.4 is 10.1 Å². The molecule has 168 valence electrons. The highest BCUT2D eigenvalue weighted by Crippen LogP contribution is 2.25. The van der Waals surface area contributed by atoms with Crippen LogP contribution in [0.4, 0.5) is 0 Å². The van der Waals surface area contributed by atoms with Crippen molar-refractivity contribution in [1.29, 1.82) is 0 Å². The Balaban J connectivity index is 1.44. The minimum Gasteiger partial charge on any atom is -0.492 e. The Labute approximate surface area is 189 Å². The molecule has 0 atom stereocenters. The van der Waals surface area contributed by atoms with Gasteiger partial charge in [-0.15, -0.1) is 0 Å². The minimum atomic E-state index is -3.54. The number of amides is 1. The fraction of sp³-hybridized carbons (Fsp3) is 0.435. The van der Waals surface area contributed by atoms with Gasteiger partial charge in [-0.05, 0) is 60.7 Å². The van der Waals surface area contributed by atoms with E-state index in [0.29, 0.717) is 60.7 Å². The second-order valence-corrected chi connectivity index (χ2v) is 10.4. The van der Waals surface area contributed by atoms with Crippen LogP contribution in [0.15, 0.2) is 53.4 Å². The van der Waals surface area contributed by atoms with Crippen molar-refractivity contribution in [3.8, 4) is 5.75 Å². The molecule has 1 N–H and O–H groups in total. The molecule has 1 amide bonds. The van der Waals surface area contributed by atoms with Gasteiger partial charge in [0.1, 0.15) is 12.4 Å². The summed E-state index contributed by atoms with van der Waals surface area (Å²) < 4.78 is 32.9. The van der Waals surface area contributed by atoms with Crippen molar-refractivity contribution >= 4 is 27.5 Å². The average molecular weight is 465 g/mol. The third-order valence-electron chi connectivity index (χ3n) is 5.49. The highest BCUT2D eigenvalue weighted by Gasteiger charge is 2.32. The van der Waals surface area contributed by atoms with Crippen LogP contribution in [-0.2, 0) is 14.8 Å². The third kappa shape index (κ3) is 6.21. The first kappa shape index (κ1) is 23.6. The van der Waals surface area contributed by atoms with Crippen LogP contribution >= 0.6 is 11.6 Å². The summed E-state index contributed by atoms with van der Waals surface area (Å²) in [6, 6.07) is 14.1. The zero-order chi connectivity index (χ0) is 22.4. The highest BCUT2D eigenvalue weighted by molar-refractivity contribution is 7.89. The molecule has 3 rings (SSSR count). The van der Waals surface area contributed by atoms with Crippen LogP contribution in [0.3, 0.4) is 0 Å². The number of nitrogens with one attached hydrogen (secondary N) is 1. The van der Waals surface area contributed by atoms with E-state index in [1.807, 2.05) is 12.1 Å². The van der Waals surface area contributed by atoms with Crippen molar-refractivity contribution in [3.05, 3.63) is 59.1 Å². The Morgan fingerprint density at radius 3 is 2.29 bits per heavy atom. The summed E-state index contributed by atoms with van der Waals surface area (Å²) in [5.74, 6) is 0.796. The molecule has 2 aromatic rings. The van der Waals surface area contributed by atoms with Crippen LogP contribution in [0.1, 0.15) is 38.2 Å². The Hall–Kier alpha value is -2.09. The lowest BCUT2D eigenvalue weighted by atomic mass is 9.97. The van der Waals surface area contributed by atoms with Crippen molar-refractivity contribution in [2.24, 2.45) is 5.92 Å². The van der Waals surface area contributed by atoms with Gasteiger partial charge in [0.05, 0.1) is 11.4 Å². The van der Waals surface area contributed by atoms with Crippen LogP contribution in [0.2, 0.25) is 5.02 Å². The van der Waals surface area contributed by atoms with E-state index in [1.54, 1.807) is 36.4 Å². The first-order valence-corrected chi connectivity index (χ1v) is 12.4. The van der Waals surface area contributed by atoms with Crippen molar-refractivity contribution in [2.45, 2.75) is 37.5 Å². The van der Waals surface area contributed by atoms with Gasteiger partial charge in [-0.1, -0.05) is 37.6 Å². The summed E-state index contributed by atoms with van der Waals surface area (Å²) in [5, 5.41) is 3.52. The van der Waals surface area contributed by atoms with Gasteiger partial charge in [-0.25, -0.2) is 8.42 Å². The van der Waals surface area contributed by atoms with E-state index < -0.39 is 10.0 Å². The fourth-order valence-electron chi connectivity index (χ4n) is 3.55. The largest absolute Gasteiger partial charge is 0.492 e. The number of piperidine rings is 1. The van der Waals surface area contributed by atoms with Gasteiger partial charge < -0.3 is 10.1 Å². The zero-order valence-corrected chi connectivity index (χ0v) is 19.5. The van der Waals surface area contributed by atoms with Crippen molar-refractivity contribution < 1.29 is 17.9 Å². The summed E-state index contributed by atoms with van der Waals surface area (Å²) in [6.45, 7) is 5.57. The maximum atomic E-state index is 12.9. The second-order valence-electron chi connectivity index (χ2n) is 8.00. The van der Waals surface area contributed by atoms with E-state index in [9.17, 15) is 13.2 Å². The molecule has 0 aliphatic carbocycles. The summed E-state index contributed by atoms with van der Waals surface area (Å²) in [7, 11) is -3.54. The fourth-order valence-corrected chi connectivity index (χ4v) is 5.15. The zero-order valence-electron chi connectivity index (χ0n) is 17.9. The Morgan fingerprint density at radius 2 is 1.71 bits per heavy atom. The summed E-state index contributed by atoms with van der Waals surface area (Å²) >= 11 is 5.84. The van der Waals surface area contributed by atoms with E-state index in [1.165, 1.54) is 4.31 Å². The van der Waals surface area contributed by atoms with Gasteiger partial charge in [0.15, 0.2) is 0 Å². The molecule has 0 aromatic heterocycles. The molecule has 1 fully saturated rings. The second kappa shape index (κ2) is 10.5. The number of carbonyl (C=O) groups excluding carboxylic acids is 1. The predicted octanol–water partition coefficient (Wildman–Crippen LogP) is 4.06. The maximum Gasteiger partial charge on any atom is 0.243 e. The molecule has 0 unspecified atom stereocenters. The number of halogens is 1. The number of hydrogen-bond acceptors (Lipinski definition) is 4. The molecule has 2 aromatic carbocycles. The smallest absolute Gasteiger partial charge is 0.243 e. The molecule has 1 heterocycles. The molecule has 0 spiro atoms. The van der Waals surface area contributed by atoms with Crippen molar-refractivity contribution in [1.82, 2.24) is 9.62 Å². The predicted molar refractivity (Wildman–Crippen MR) is 122 cm³/mol. The van der Waals surface area contributed by atoms with Gasteiger partial charge in [-0.2, -0.15) is 4.31 Å². The lowest BCUT2D eigenvalue weighted by Crippen LogP contribution is -2.43. The minimum absolute atomic E-state index is 0.0574. The topological polar surface area (TPSA) is 75.7 Å². The molecule has 1 saturated heterocycles. The number of benzene rings is 2. The quantitative estimate of drug-likeness (QED) is 0.598. The number of ether oxygens (including phenoxy) is 1. The van der Waals surface area contributed by atoms with Gasteiger partial charge in [0.2, 0.25) is 15.9 Å². The lowest BCUT2D eigenvalue weighted by molar-refractivity contribution is -0.126. The number of hydrogen-bond donors (Lipinski definition) is 1. The molecule has 6 nitrogen and oxygen atoms in total. The van der Waals surface area contributed by atoms with E-state index in [0.717, 1.165) is 5.56 Å². The number of rotatable bonds is 8. The maximum absolute atomic E-state index is 12.9. The van der Waals surface area contributed by atoms with E-state index >= 15 is 0 Å². The van der Waals surface area contributed by atoms with Gasteiger partial charge in [0, 0.05) is 24.0 Å². The van der Waals surface area contributed by atoms with Crippen LogP contribution in [0.5, 0.6) is 5.75 Å². The molecule has 0 saturated carbocycles. The summed E-state index contributed by atoms with van der Waals surface area (Å²) in [6.07, 6.45) is 1.01. The first-order valence-electron chi connectivity index (χ1n) is 10.5. The van der Waals surface area contributed by atoms with E-state index in [-0.39, 0.29) is 11.8 Å². The molecule has 0 bridgehead atoms. The SMILES string of the molecule is CC(C)c1ccc(S(=O)(=O)N2CCC(C(=O)NCCOc3ccc(Cl)cc3)CC2)cc1. The highest BCUT2D eigenvalue weighted by atomic mass is 35.5. The Kier molecular flexibility index (Phi) is 7.97. The van der Waals surface area contributed by atoms with Crippen molar-refractivity contribution in [3.63, 3.8) is 0 Å². The molecular weight excluding hydrogens is 436 g/mol. The standard InChI is InChI=1S/C23H29ClN2O4S/c1-17(2)18-3-9-22(10-4-18)31(28,29)26-14-11-19(12-15-26)23(27)25-13-16-30-21-7-5-20(24)6-8-21/h3-10,17,19H,11-16H2,1-2H3,(H,25,27). The summed E-state index contributed by atoms with van der Waals surface area (Å²) in [5.41, 5.74) is 1.11. The first-order chi connectivity index (χ1) is 14.8. The Morgan fingerprint density at radius 1 is 1.10 bits per heavy atom. The monoisotopic (exact) mass is 464 g/mol. The normalized spacial score (nSPS) is 15.7. The average Bonchev–Trinajstić information content (AvgIpc) is 2.78. The lowest BCUT2D eigenvalue weighted by Gasteiger charge is -2.30. The van der Waals surface area contributed by atoms with Crippen molar-refractivity contribution in [2.75, 3.05) is 26.2 Å².